The third kappa shape index (κ3) is 3.40. The zero-order valence-electron chi connectivity index (χ0n) is 15.4. The Labute approximate surface area is 176 Å². The first-order valence-corrected chi connectivity index (χ1v) is 10.2. The van der Waals surface area contributed by atoms with E-state index in [-0.39, 0.29) is 6.10 Å². The van der Waals surface area contributed by atoms with Crippen molar-refractivity contribution in [2.75, 3.05) is 0 Å². The molecule has 5 rings (SSSR count). The van der Waals surface area contributed by atoms with Gasteiger partial charge in [-0.2, -0.15) is 0 Å². The fourth-order valence-electron chi connectivity index (χ4n) is 3.63. The molecule has 0 bridgehead atoms. The molecule has 1 aliphatic heterocycles. The Hall–Kier alpha value is -3.12. The molecule has 0 radical (unpaired) electrons. The highest BCUT2D eigenvalue weighted by Crippen LogP contribution is 2.37. The van der Waals surface area contributed by atoms with Crippen molar-refractivity contribution >= 4 is 33.1 Å². The van der Waals surface area contributed by atoms with E-state index in [0.717, 1.165) is 34.1 Å². The van der Waals surface area contributed by atoms with Gasteiger partial charge >= 0.3 is 6.09 Å². The summed E-state index contributed by atoms with van der Waals surface area (Å²) in [4.78, 5) is 17.8. The lowest BCUT2D eigenvalue weighted by molar-refractivity contribution is 0.159. The maximum absolute atomic E-state index is 13.1. The van der Waals surface area contributed by atoms with Crippen LogP contribution in [-0.4, -0.2) is 15.6 Å². The minimum atomic E-state index is -0.495. The Balaban J connectivity index is 1.55. The maximum Gasteiger partial charge on any atom is 0.425 e. The number of benzene rings is 3. The number of rotatable bonds is 2. The van der Waals surface area contributed by atoms with E-state index in [4.69, 9.17) is 14.5 Å². The predicted octanol–water partition coefficient (Wildman–Crippen LogP) is 5.91. The molecule has 1 aromatic heterocycles. The fourth-order valence-corrected chi connectivity index (χ4v) is 4.03. The summed E-state index contributed by atoms with van der Waals surface area (Å²) in [6, 6.07) is 22.5. The molecular formula is C23H17BrN2O3. The van der Waals surface area contributed by atoms with Crippen LogP contribution in [0.1, 0.15) is 23.9 Å². The highest BCUT2D eigenvalue weighted by Gasteiger charge is 2.29. The largest absolute Gasteiger partial charge is 0.482 e. The van der Waals surface area contributed by atoms with Crippen LogP contribution in [0.15, 0.2) is 77.3 Å². The van der Waals surface area contributed by atoms with E-state index >= 15 is 0 Å². The lowest BCUT2D eigenvalue weighted by Gasteiger charge is -2.26. The first-order valence-electron chi connectivity index (χ1n) is 9.39. The van der Waals surface area contributed by atoms with Gasteiger partial charge in [0.05, 0.1) is 11.0 Å². The van der Waals surface area contributed by atoms with Crippen molar-refractivity contribution in [3.63, 3.8) is 0 Å². The first-order chi connectivity index (χ1) is 14.2. The highest BCUT2D eigenvalue weighted by atomic mass is 79.9. The van der Waals surface area contributed by atoms with E-state index in [2.05, 4.69) is 22.0 Å². The summed E-state index contributed by atoms with van der Waals surface area (Å²) < 4.78 is 14.4. The van der Waals surface area contributed by atoms with Crippen LogP contribution < -0.4 is 9.47 Å². The number of carbonyl (C=O) groups excluding carboxylic acids is 1. The van der Waals surface area contributed by atoms with Crippen molar-refractivity contribution in [3.05, 3.63) is 88.7 Å². The Kier molecular flexibility index (Phi) is 4.56. The second-order valence-corrected chi connectivity index (χ2v) is 7.79. The molecule has 4 aromatic rings. The molecule has 0 aliphatic carbocycles. The van der Waals surface area contributed by atoms with Gasteiger partial charge in [0, 0.05) is 4.47 Å². The zero-order chi connectivity index (χ0) is 19.8. The van der Waals surface area contributed by atoms with Gasteiger partial charge in [0.2, 0.25) is 0 Å². The summed E-state index contributed by atoms with van der Waals surface area (Å²) in [6.07, 6.45) is 0.742. The number of nitrogens with zero attached hydrogens (tertiary/aromatic N) is 2. The number of para-hydroxylation sites is 3. The van der Waals surface area contributed by atoms with Crippen LogP contribution in [-0.2, 0) is 6.42 Å². The number of fused-ring (bicyclic) bond motifs is 2. The van der Waals surface area contributed by atoms with Crippen LogP contribution in [0, 0.1) is 0 Å². The van der Waals surface area contributed by atoms with E-state index in [9.17, 15) is 4.79 Å². The Morgan fingerprint density at radius 3 is 2.72 bits per heavy atom. The Morgan fingerprint density at radius 2 is 1.86 bits per heavy atom. The van der Waals surface area contributed by atoms with Gasteiger partial charge in [-0.25, -0.2) is 14.3 Å². The van der Waals surface area contributed by atoms with Gasteiger partial charge in [-0.05, 0) is 60.9 Å². The SMILES string of the molecule is O=C(Oc1ccccc1)n1c(C2CCc3cc(Br)ccc3O2)nc2ccccc21. The monoisotopic (exact) mass is 448 g/mol. The molecule has 3 aromatic carbocycles. The van der Waals surface area contributed by atoms with Crippen LogP contribution in [0.3, 0.4) is 0 Å². The standard InChI is InChI=1S/C23H17BrN2O3/c24-16-11-13-20-15(14-16)10-12-21(29-20)22-25-18-8-4-5-9-19(18)26(22)23(27)28-17-6-2-1-3-7-17/h1-9,11,13-14,21H,10,12H2. The second kappa shape index (κ2) is 7.37. The maximum atomic E-state index is 13.1. The number of hydrogen-bond donors (Lipinski definition) is 0. The highest BCUT2D eigenvalue weighted by molar-refractivity contribution is 9.10. The van der Waals surface area contributed by atoms with E-state index in [1.807, 2.05) is 54.6 Å². The van der Waals surface area contributed by atoms with E-state index in [1.165, 1.54) is 4.57 Å². The van der Waals surface area contributed by atoms with Crippen LogP contribution in [0.5, 0.6) is 11.5 Å². The molecular weight excluding hydrogens is 432 g/mol. The summed E-state index contributed by atoms with van der Waals surface area (Å²) in [7, 11) is 0. The van der Waals surface area contributed by atoms with Crippen LogP contribution in [0.2, 0.25) is 0 Å². The van der Waals surface area contributed by atoms with Crippen molar-refractivity contribution in [2.45, 2.75) is 18.9 Å². The smallest absolute Gasteiger partial charge is 0.425 e. The Morgan fingerprint density at radius 1 is 1.07 bits per heavy atom. The molecule has 1 atom stereocenters. The quantitative estimate of drug-likeness (QED) is 0.382. The molecule has 1 aliphatic rings. The summed E-state index contributed by atoms with van der Waals surface area (Å²) in [5, 5.41) is 0. The number of aryl methyl sites for hydroxylation is 1. The predicted molar refractivity (Wildman–Crippen MR) is 113 cm³/mol. The van der Waals surface area contributed by atoms with Crippen molar-refractivity contribution in [1.29, 1.82) is 0 Å². The molecule has 0 N–H and O–H groups in total. The van der Waals surface area contributed by atoms with Crippen LogP contribution in [0.25, 0.3) is 11.0 Å². The van der Waals surface area contributed by atoms with Crippen molar-refractivity contribution in [2.24, 2.45) is 0 Å². The van der Waals surface area contributed by atoms with Gasteiger partial charge < -0.3 is 9.47 Å². The lowest BCUT2D eigenvalue weighted by atomic mass is 10.0. The van der Waals surface area contributed by atoms with Gasteiger partial charge in [-0.15, -0.1) is 0 Å². The number of carbonyl (C=O) groups is 1. The third-order valence-electron chi connectivity index (χ3n) is 4.97. The van der Waals surface area contributed by atoms with Gasteiger partial charge in [0.15, 0.2) is 11.9 Å². The van der Waals surface area contributed by atoms with Crippen molar-refractivity contribution in [3.8, 4) is 11.5 Å². The van der Waals surface area contributed by atoms with E-state index in [0.29, 0.717) is 17.1 Å². The molecule has 0 spiro atoms. The summed E-state index contributed by atoms with van der Waals surface area (Å²) in [6.45, 7) is 0. The molecule has 6 heteroatoms. The van der Waals surface area contributed by atoms with Gasteiger partial charge in [0.25, 0.3) is 0 Å². The summed E-state index contributed by atoms with van der Waals surface area (Å²) in [5.74, 6) is 1.86. The van der Waals surface area contributed by atoms with Crippen molar-refractivity contribution < 1.29 is 14.3 Å². The number of aromatic nitrogens is 2. The van der Waals surface area contributed by atoms with Crippen molar-refractivity contribution in [1.82, 2.24) is 9.55 Å². The molecule has 0 amide bonds. The summed E-state index contributed by atoms with van der Waals surface area (Å²) in [5.41, 5.74) is 2.58. The minimum absolute atomic E-state index is 0.334. The van der Waals surface area contributed by atoms with E-state index < -0.39 is 6.09 Å². The molecule has 29 heavy (non-hydrogen) atoms. The molecule has 144 valence electrons. The van der Waals surface area contributed by atoms with Crippen LogP contribution in [0.4, 0.5) is 4.79 Å². The van der Waals surface area contributed by atoms with Crippen LogP contribution >= 0.6 is 15.9 Å². The second-order valence-electron chi connectivity index (χ2n) is 6.87. The molecule has 0 fully saturated rings. The van der Waals surface area contributed by atoms with Gasteiger partial charge in [-0.3, -0.25) is 0 Å². The summed E-state index contributed by atoms with van der Waals surface area (Å²) >= 11 is 3.50. The first kappa shape index (κ1) is 17.9. The lowest BCUT2D eigenvalue weighted by Crippen LogP contribution is -2.25. The molecule has 0 saturated carbocycles. The average molecular weight is 449 g/mol. The number of imidazole rings is 1. The molecule has 5 nitrogen and oxygen atoms in total. The topological polar surface area (TPSA) is 53.4 Å². The Bertz CT molecular complexity index is 1200. The number of hydrogen-bond acceptors (Lipinski definition) is 4. The third-order valence-corrected chi connectivity index (χ3v) is 5.47. The molecule has 2 heterocycles. The zero-order valence-corrected chi connectivity index (χ0v) is 17.0. The molecule has 1 unspecified atom stereocenters. The number of ether oxygens (including phenoxy) is 2. The average Bonchev–Trinajstić information content (AvgIpc) is 3.14. The normalized spacial score (nSPS) is 15.6. The molecule has 0 saturated heterocycles. The minimum Gasteiger partial charge on any atom is -0.482 e. The number of halogens is 1. The van der Waals surface area contributed by atoms with Gasteiger partial charge in [0.1, 0.15) is 11.5 Å². The van der Waals surface area contributed by atoms with Gasteiger partial charge in [-0.1, -0.05) is 46.3 Å². The van der Waals surface area contributed by atoms with E-state index in [1.54, 1.807) is 12.1 Å². The fraction of sp³-hybridized carbons (Fsp3) is 0.130.